The third-order valence-electron chi connectivity index (χ3n) is 4.27. The van der Waals surface area contributed by atoms with E-state index < -0.39 is 0 Å². The Kier molecular flexibility index (Phi) is 5.20. The molecule has 1 aliphatic heterocycles. The lowest BCUT2D eigenvalue weighted by molar-refractivity contribution is -0.0247. The summed E-state index contributed by atoms with van der Waals surface area (Å²) in [6.45, 7) is 5.48. The summed E-state index contributed by atoms with van der Waals surface area (Å²) in [5.41, 5.74) is 2.32. The number of amides is 1. The van der Waals surface area contributed by atoms with Gasteiger partial charge in [-0.2, -0.15) is 0 Å². The van der Waals surface area contributed by atoms with E-state index in [-0.39, 0.29) is 12.0 Å². The Morgan fingerprint density at radius 3 is 3.08 bits per heavy atom. The molecule has 7 heteroatoms. The minimum absolute atomic E-state index is 0.0130. The number of hydrogen-bond donors (Lipinski definition) is 0. The number of aryl methyl sites for hydroxylation is 3. The SMILES string of the molecule is CCc1noc(C)c1C(=O)N1CCO[C@@H](CCc2ccncn2)C1. The van der Waals surface area contributed by atoms with Crippen LogP contribution in [0.15, 0.2) is 23.1 Å². The van der Waals surface area contributed by atoms with E-state index in [1.807, 2.05) is 17.9 Å². The summed E-state index contributed by atoms with van der Waals surface area (Å²) >= 11 is 0. The lowest BCUT2D eigenvalue weighted by Gasteiger charge is -2.33. The highest BCUT2D eigenvalue weighted by molar-refractivity contribution is 5.96. The van der Waals surface area contributed by atoms with Crippen molar-refractivity contribution in [2.75, 3.05) is 19.7 Å². The standard InChI is InChI=1S/C17H22N4O3/c1-3-15-16(12(2)24-20-15)17(22)21-8-9-23-14(10-21)5-4-13-6-7-18-11-19-13/h6-7,11,14H,3-5,8-10H2,1-2H3/t14-/m0/s1. The summed E-state index contributed by atoms with van der Waals surface area (Å²) < 4.78 is 11.0. The zero-order valence-corrected chi connectivity index (χ0v) is 14.1. The van der Waals surface area contributed by atoms with Crippen molar-refractivity contribution in [1.29, 1.82) is 0 Å². The van der Waals surface area contributed by atoms with Crippen molar-refractivity contribution in [2.24, 2.45) is 0 Å². The van der Waals surface area contributed by atoms with E-state index in [0.717, 1.165) is 24.2 Å². The van der Waals surface area contributed by atoms with Gasteiger partial charge in [-0.3, -0.25) is 4.79 Å². The van der Waals surface area contributed by atoms with Crippen LogP contribution < -0.4 is 0 Å². The van der Waals surface area contributed by atoms with Gasteiger partial charge in [0.25, 0.3) is 5.91 Å². The number of rotatable bonds is 5. The number of ether oxygens (including phenoxy) is 1. The summed E-state index contributed by atoms with van der Waals surface area (Å²) in [7, 11) is 0. The Labute approximate surface area is 141 Å². The molecule has 0 saturated carbocycles. The Hall–Kier alpha value is -2.28. The number of hydrogen-bond acceptors (Lipinski definition) is 6. The van der Waals surface area contributed by atoms with Gasteiger partial charge in [-0.05, 0) is 32.3 Å². The predicted octanol–water partition coefficient (Wildman–Crippen LogP) is 1.81. The van der Waals surface area contributed by atoms with E-state index in [4.69, 9.17) is 9.26 Å². The van der Waals surface area contributed by atoms with Crippen LogP contribution in [0.25, 0.3) is 0 Å². The van der Waals surface area contributed by atoms with Crippen LogP contribution in [0, 0.1) is 6.92 Å². The van der Waals surface area contributed by atoms with Gasteiger partial charge in [0, 0.05) is 25.0 Å². The van der Waals surface area contributed by atoms with Crippen LogP contribution in [0.5, 0.6) is 0 Å². The first-order chi connectivity index (χ1) is 11.7. The lowest BCUT2D eigenvalue weighted by Crippen LogP contribution is -2.46. The number of carbonyl (C=O) groups excluding carboxylic acids is 1. The zero-order chi connectivity index (χ0) is 16.9. The maximum atomic E-state index is 12.8. The molecule has 1 fully saturated rings. The average molecular weight is 330 g/mol. The Morgan fingerprint density at radius 1 is 1.46 bits per heavy atom. The second-order valence-corrected chi connectivity index (χ2v) is 5.90. The van der Waals surface area contributed by atoms with E-state index >= 15 is 0 Å². The smallest absolute Gasteiger partial charge is 0.259 e. The monoisotopic (exact) mass is 330 g/mol. The van der Waals surface area contributed by atoms with Crippen LogP contribution in [0.3, 0.4) is 0 Å². The Balaban J connectivity index is 1.62. The van der Waals surface area contributed by atoms with Gasteiger partial charge in [-0.25, -0.2) is 9.97 Å². The van der Waals surface area contributed by atoms with Crippen molar-refractivity contribution >= 4 is 5.91 Å². The van der Waals surface area contributed by atoms with Gasteiger partial charge in [0.1, 0.15) is 17.7 Å². The highest BCUT2D eigenvalue weighted by Gasteiger charge is 2.29. The molecule has 0 spiro atoms. The molecule has 0 unspecified atom stereocenters. The Bertz CT molecular complexity index is 686. The van der Waals surface area contributed by atoms with Crippen molar-refractivity contribution in [3.63, 3.8) is 0 Å². The summed E-state index contributed by atoms with van der Waals surface area (Å²) in [5.74, 6) is 0.571. The molecule has 0 N–H and O–H groups in total. The molecule has 1 amide bonds. The van der Waals surface area contributed by atoms with Gasteiger partial charge in [0.15, 0.2) is 0 Å². The van der Waals surface area contributed by atoms with Crippen LogP contribution in [-0.2, 0) is 17.6 Å². The topological polar surface area (TPSA) is 81.4 Å². The largest absolute Gasteiger partial charge is 0.375 e. The summed E-state index contributed by atoms with van der Waals surface area (Å²) in [6, 6.07) is 1.90. The second-order valence-electron chi connectivity index (χ2n) is 5.90. The minimum atomic E-state index is -0.0130. The Morgan fingerprint density at radius 2 is 2.33 bits per heavy atom. The van der Waals surface area contributed by atoms with E-state index in [9.17, 15) is 4.79 Å². The zero-order valence-electron chi connectivity index (χ0n) is 14.1. The number of carbonyl (C=O) groups is 1. The molecule has 128 valence electrons. The summed E-state index contributed by atoms with van der Waals surface area (Å²) in [6.07, 6.45) is 5.61. The number of morpholine rings is 1. The van der Waals surface area contributed by atoms with Crippen LogP contribution in [0.2, 0.25) is 0 Å². The van der Waals surface area contributed by atoms with Gasteiger partial charge in [-0.15, -0.1) is 0 Å². The fraction of sp³-hybridized carbons (Fsp3) is 0.529. The molecule has 1 atom stereocenters. The first-order valence-corrected chi connectivity index (χ1v) is 8.30. The fourth-order valence-electron chi connectivity index (χ4n) is 2.94. The number of aromatic nitrogens is 3. The third-order valence-corrected chi connectivity index (χ3v) is 4.27. The van der Waals surface area contributed by atoms with Crippen LogP contribution >= 0.6 is 0 Å². The molecular weight excluding hydrogens is 308 g/mol. The van der Waals surface area contributed by atoms with Crippen LogP contribution in [0.1, 0.15) is 40.9 Å². The quantitative estimate of drug-likeness (QED) is 0.831. The van der Waals surface area contributed by atoms with Crippen molar-refractivity contribution < 1.29 is 14.1 Å². The summed E-state index contributed by atoms with van der Waals surface area (Å²) in [5, 5.41) is 3.98. The maximum absolute atomic E-state index is 12.8. The van der Waals surface area contributed by atoms with Crippen molar-refractivity contribution in [2.45, 2.75) is 39.2 Å². The predicted molar refractivity (Wildman–Crippen MR) is 86.6 cm³/mol. The van der Waals surface area contributed by atoms with Gasteiger partial charge < -0.3 is 14.2 Å². The van der Waals surface area contributed by atoms with Gasteiger partial charge in [0.05, 0.1) is 18.4 Å². The molecule has 7 nitrogen and oxygen atoms in total. The van der Waals surface area contributed by atoms with Crippen molar-refractivity contribution in [3.05, 3.63) is 41.3 Å². The highest BCUT2D eigenvalue weighted by atomic mass is 16.5. The normalized spacial score (nSPS) is 17.9. The second kappa shape index (κ2) is 7.53. The van der Waals surface area contributed by atoms with E-state index in [2.05, 4.69) is 15.1 Å². The lowest BCUT2D eigenvalue weighted by atomic mass is 10.1. The minimum Gasteiger partial charge on any atom is -0.375 e. The molecule has 2 aromatic heterocycles. The molecule has 0 aliphatic carbocycles. The van der Waals surface area contributed by atoms with Gasteiger partial charge in [-0.1, -0.05) is 12.1 Å². The van der Waals surface area contributed by atoms with Crippen molar-refractivity contribution in [1.82, 2.24) is 20.0 Å². The van der Waals surface area contributed by atoms with Crippen LogP contribution in [-0.4, -0.2) is 51.7 Å². The molecule has 24 heavy (non-hydrogen) atoms. The number of nitrogens with zero attached hydrogens (tertiary/aromatic N) is 4. The molecule has 0 radical (unpaired) electrons. The highest BCUT2D eigenvalue weighted by Crippen LogP contribution is 2.19. The molecule has 0 bridgehead atoms. The first-order valence-electron chi connectivity index (χ1n) is 8.30. The van der Waals surface area contributed by atoms with Crippen LogP contribution in [0.4, 0.5) is 0 Å². The fourth-order valence-corrected chi connectivity index (χ4v) is 2.94. The molecular formula is C17H22N4O3. The van der Waals surface area contributed by atoms with Gasteiger partial charge >= 0.3 is 0 Å². The van der Waals surface area contributed by atoms with Gasteiger partial charge in [0.2, 0.25) is 0 Å². The molecule has 1 aliphatic rings. The summed E-state index contributed by atoms with van der Waals surface area (Å²) in [4.78, 5) is 22.8. The molecule has 2 aromatic rings. The van der Waals surface area contributed by atoms with E-state index in [1.165, 1.54) is 0 Å². The first kappa shape index (κ1) is 16.6. The maximum Gasteiger partial charge on any atom is 0.259 e. The molecule has 0 aromatic carbocycles. The molecule has 3 rings (SSSR count). The average Bonchev–Trinajstić information content (AvgIpc) is 3.01. The molecule has 3 heterocycles. The molecule has 1 saturated heterocycles. The van der Waals surface area contributed by atoms with Crippen molar-refractivity contribution in [3.8, 4) is 0 Å². The van der Waals surface area contributed by atoms with E-state index in [1.54, 1.807) is 19.4 Å². The van der Waals surface area contributed by atoms with E-state index in [0.29, 0.717) is 37.4 Å². The third kappa shape index (κ3) is 3.62.